The Hall–Kier alpha value is -2.96. The lowest BCUT2D eigenvalue weighted by atomic mass is 9.99. The van der Waals surface area contributed by atoms with Gasteiger partial charge < -0.3 is 9.64 Å². The number of carbonyl (C=O) groups excluding carboxylic acids is 1. The van der Waals surface area contributed by atoms with Crippen LogP contribution in [0.1, 0.15) is 47.3 Å². The number of aryl methyl sites for hydroxylation is 2. The van der Waals surface area contributed by atoms with Crippen LogP contribution in [0, 0.1) is 13.8 Å². The minimum absolute atomic E-state index is 0.223. The van der Waals surface area contributed by atoms with Gasteiger partial charge in [-0.1, -0.05) is 12.1 Å². The summed E-state index contributed by atoms with van der Waals surface area (Å²) in [6.07, 6.45) is 7.05. The quantitative estimate of drug-likeness (QED) is 0.647. The maximum Gasteiger partial charge on any atom is 0.341 e. The molecule has 0 radical (unpaired) electrons. The van der Waals surface area contributed by atoms with Crippen molar-refractivity contribution >= 4 is 22.6 Å². The Balaban J connectivity index is 1.83. The van der Waals surface area contributed by atoms with Gasteiger partial charge in [0.05, 0.1) is 23.9 Å². The zero-order chi connectivity index (χ0) is 19.7. The van der Waals surface area contributed by atoms with Crippen molar-refractivity contribution in [1.29, 1.82) is 0 Å². The summed E-state index contributed by atoms with van der Waals surface area (Å²) in [6.45, 7) is 7.96. The molecule has 3 heterocycles. The topological polar surface area (TPSA) is 73.1 Å². The summed E-state index contributed by atoms with van der Waals surface area (Å²) in [5, 5.41) is 5.31. The van der Waals surface area contributed by atoms with E-state index in [2.05, 4.69) is 45.9 Å². The Bertz CT molecular complexity index is 1000. The van der Waals surface area contributed by atoms with E-state index in [4.69, 9.17) is 4.74 Å². The first-order valence-electron chi connectivity index (χ1n) is 9.75. The average molecular weight is 379 g/mol. The minimum Gasteiger partial charge on any atom is -0.462 e. The number of anilines is 1. The van der Waals surface area contributed by atoms with E-state index >= 15 is 0 Å². The van der Waals surface area contributed by atoms with Crippen LogP contribution in [0.2, 0.25) is 0 Å². The highest BCUT2D eigenvalue weighted by Crippen LogP contribution is 2.35. The highest BCUT2D eigenvalue weighted by molar-refractivity contribution is 6.06. The Morgan fingerprint density at radius 2 is 2.18 bits per heavy atom. The third kappa shape index (κ3) is 3.21. The van der Waals surface area contributed by atoms with Crippen molar-refractivity contribution in [3.8, 4) is 0 Å². The molecule has 0 aliphatic carbocycles. The van der Waals surface area contributed by atoms with Crippen LogP contribution in [0.15, 0.2) is 31.0 Å². The molecule has 0 spiro atoms. The molecule has 3 aromatic rings. The Kier molecular flexibility index (Phi) is 4.98. The number of aromatic nitrogens is 4. The molecular weight excluding hydrogens is 354 g/mol. The zero-order valence-corrected chi connectivity index (χ0v) is 16.6. The summed E-state index contributed by atoms with van der Waals surface area (Å²) in [5.74, 6) is -0.326. The summed E-state index contributed by atoms with van der Waals surface area (Å²) < 4.78 is 7.24. The summed E-state index contributed by atoms with van der Waals surface area (Å²) in [7, 11) is 0. The van der Waals surface area contributed by atoms with Crippen molar-refractivity contribution in [2.45, 2.75) is 39.7 Å². The van der Waals surface area contributed by atoms with E-state index < -0.39 is 0 Å². The van der Waals surface area contributed by atoms with Crippen LogP contribution >= 0.6 is 0 Å². The highest BCUT2D eigenvalue weighted by atomic mass is 16.5. The summed E-state index contributed by atoms with van der Waals surface area (Å²) in [6, 6.07) is 4.39. The molecule has 4 rings (SSSR count). The molecule has 1 fully saturated rings. The van der Waals surface area contributed by atoms with E-state index in [1.54, 1.807) is 18.9 Å². The summed E-state index contributed by atoms with van der Waals surface area (Å²) >= 11 is 0. The maximum absolute atomic E-state index is 12.7. The molecule has 7 heteroatoms. The summed E-state index contributed by atoms with van der Waals surface area (Å²) in [5.41, 5.74) is 4.70. The van der Waals surface area contributed by atoms with E-state index in [1.165, 1.54) is 5.56 Å². The minimum atomic E-state index is -0.326. The number of carbonyl (C=O) groups is 1. The van der Waals surface area contributed by atoms with E-state index in [0.29, 0.717) is 12.2 Å². The molecule has 1 atom stereocenters. The third-order valence-corrected chi connectivity index (χ3v) is 5.55. The van der Waals surface area contributed by atoms with E-state index in [1.807, 2.05) is 11.6 Å². The Morgan fingerprint density at radius 3 is 2.93 bits per heavy atom. The van der Waals surface area contributed by atoms with Gasteiger partial charge in [0.1, 0.15) is 18.2 Å². The third-order valence-electron chi connectivity index (χ3n) is 5.55. The smallest absolute Gasteiger partial charge is 0.341 e. The number of hydrogen-bond donors (Lipinski definition) is 0. The number of hydrogen-bond acceptors (Lipinski definition) is 6. The molecule has 1 aromatic carbocycles. The zero-order valence-electron chi connectivity index (χ0n) is 16.6. The number of benzene rings is 1. The van der Waals surface area contributed by atoms with Gasteiger partial charge in [-0.05, 0) is 44.7 Å². The molecule has 1 aliphatic rings. The van der Waals surface area contributed by atoms with Gasteiger partial charge in [-0.25, -0.2) is 14.5 Å². The molecule has 28 heavy (non-hydrogen) atoms. The lowest BCUT2D eigenvalue weighted by Crippen LogP contribution is -2.38. The summed E-state index contributed by atoms with van der Waals surface area (Å²) in [4.78, 5) is 23.7. The van der Waals surface area contributed by atoms with Gasteiger partial charge in [-0.15, -0.1) is 0 Å². The molecule has 0 saturated carbocycles. The van der Waals surface area contributed by atoms with Crippen molar-refractivity contribution in [3.05, 3.63) is 47.7 Å². The number of esters is 1. The van der Waals surface area contributed by atoms with Crippen molar-refractivity contribution in [2.24, 2.45) is 0 Å². The molecular formula is C21H25N5O2. The normalized spacial score (nSPS) is 17.1. The second-order valence-corrected chi connectivity index (χ2v) is 7.26. The van der Waals surface area contributed by atoms with Crippen molar-refractivity contribution in [2.75, 3.05) is 24.6 Å². The van der Waals surface area contributed by atoms with Crippen molar-refractivity contribution < 1.29 is 9.53 Å². The van der Waals surface area contributed by atoms with Gasteiger partial charge in [0.2, 0.25) is 0 Å². The maximum atomic E-state index is 12.7. The molecule has 7 nitrogen and oxygen atoms in total. The number of rotatable bonds is 4. The van der Waals surface area contributed by atoms with Gasteiger partial charge >= 0.3 is 5.97 Å². The number of nitrogens with zero attached hydrogens (tertiary/aromatic N) is 5. The van der Waals surface area contributed by atoms with Crippen LogP contribution in [-0.4, -0.2) is 45.4 Å². The first-order chi connectivity index (χ1) is 13.6. The number of fused-ring (bicyclic) bond motifs is 1. The fourth-order valence-electron chi connectivity index (χ4n) is 3.97. The Labute approximate surface area is 164 Å². The molecule has 1 saturated heterocycles. The predicted molar refractivity (Wildman–Crippen MR) is 108 cm³/mol. The van der Waals surface area contributed by atoms with E-state index in [9.17, 15) is 4.79 Å². The number of pyridine rings is 1. The van der Waals surface area contributed by atoms with Crippen LogP contribution in [0.5, 0.6) is 0 Å². The van der Waals surface area contributed by atoms with Crippen molar-refractivity contribution in [1.82, 2.24) is 19.7 Å². The lowest BCUT2D eigenvalue weighted by molar-refractivity contribution is 0.0526. The highest BCUT2D eigenvalue weighted by Gasteiger charge is 2.28. The van der Waals surface area contributed by atoms with E-state index in [0.717, 1.165) is 48.1 Å². The largest absolute Gasteiger partial charge is 0.462 e. The first kappa shape index (κ1) is 18.4. The second-order valence-electron chi connectivity index (χ2n) is 7.26. The first-order valence-corrected chi connectivity index (χ1v) is 9.75. The lowest BCUT2D eigenvalue weighted by Gasteiger charge is -2.35. The van der Waals surface area contributed by atoms with Crippen LogP contribution in [-0.2, 0) is 4.74 Å². The van der Waals surface area contributed by atoms with E-state index in [-0.39, 0.29) is 12.0 Å². The molecule has 1 unspecified atom stereocenters. The monoisotopic (exact) mass is 379 g/mol. The van der Waals surface area contributed by atoms with Gasteiger partial charge in [-0.2, -0.15) is 5.10 Å². The van der Waals surface area contributed by atoms with Crippen LogP contribution in [0.25, 0.3) is 10.9 Å². The second kappa shape index (κ2) is 7.58. The number of piperidine rings is 1. The fourth-order valence-corrected chi connectivity index (χ4v) is 3.97. The van der Waals surface area contributed by atoms with Gasteiger partial charge in [0.15, 0.2) is 0 Å². The average Bonchev–Trinajstić information content (AvgIpc) is 3.25. The van der Waals surface area contributed by atoms with Crippen molar-refractivity contribution in [3.63, 3.8) is 0 Å². The fraction of sp³-hybridized carbons (Fsp3) is 0.429. The predicted octanol–water partition coefficient (Wildman–Crippen LogP) is 3.46. The SMILES string of the molecule is CCOC(=O)c1cnc2c(C)c(C)ccc2c1N1CCCC(n2cncn2)C1. The molecule has 0 N–H and O–H groups in total. The molecule has 0 bridgehead atoms. The molecule has 1 aliphatic heterocycles. The molecule has 0 amide bonds. The van der Waals surface area contributed by atoms with Crippen LogP contribution in [0.3, 0.4) is 0 Å². The van der Waals surface area contributed by atoms with Gasteiger partial charge in [0, 0.05) is 24.7 Å². The number of ether oxygens (including phenoxy) is 1. The van der Waals surface area contributed by atoms with Crippen LogP contribution < -0.4 is 4.90 Å². The standard InChI is InChI=1S/C21H25N5O2/c1-4-28-21(27)18-10-23-19-15(3)14(2)7-8-17(19)20(18)25-9-5-6-16(11-25)26-13-22-12-24-26/h7-8,10,12-13,16H,4-6,9,11H2,1-3H3. The van der Waals surface area contributed by atoms with Gasteiger partial charge in [0.25, 0.3) is 0 Å². The molecule has 2 aromatic heterocycles. The van der Waals surface area contributed by atoms with Crippen LogP contribution in [0.4, 0.5) is 5.69 Å². The Morgan fingerprint density at radius 1 is 1.32 bits per heavy atom. The van der Waals surface area contributed by atoms with Gasteiger partial charge in [-0.3, -0.25) is 4.98 Å². The molecule has 146 valence electrons.